The second-order valence-corrected chi connectivity index (χ2v) is 3.78. The van der Waals surface area contributed by atoms with Crippen LogP contribution in [0, 0.1) is 5.82 Å². The maximum atomic E-state index is 13.5. The Bertz CT molecular complexity index is 508. The number of nitrogens with zero attached hydrogens (tertiary/aromatic N) is 2. The fourth-order valence-corrected chi connectivity index (χ4v) is 1.26. The van der Waals surface area contributed by atoms with Crippen molar-refractivity contribution in [3.05, 3.63) is 29.8 Å². The Morgan fingerprint density at radius 1 is 1.38 bits per heavy atom. The van der Waals surface area contributed by atoms with Crippen molar-refractivity contribution in [1.29, 1.82) is 0 Å². The standard InChI is InChI=1S/C11H11FN2O2/c1-6(2)10-13-11(16-14-10)8-4-3-7(15)5-9(8)12/h3-6,15H,1-2H3. The van der Waals surface area contributed by atoms with Crippen molar-refractivity contribution < 1.29 is 14.0 Å². The number of phenols is 1. The molecular weight excluding hydrogens is 211 g/mol. The van der Waals surface area contributed by atoms with Gasteiger partial charge in [0.25, 0.3) is 5.89 Å². The number of phenolic OH excluding ortho intramolecular Hbond substituents is 1. The first-order chi connectivity index (χ1) is 7.58. The van der Waals surface area contributed by atoms with Crippen LogP contribution in [0.1, 0.15) is 25.6 Å². The van der Waals surface area contributed by atoms with Gasteiger partial charge in [-0.05, 0) is 12.1 Å². The minimum absolute atomic E-state index is 0.123. The molecule has 1 aromatic carbocycles. The molecule has 0 bridgehead atoms. The van der Waals surface area contributed by atoms with Gasteiger partial charge in [-0.1, -0.05) is 19.0 Å². The summed E-state index contributed by atoms with van der Waals surface area (Å²) < 4.78 is 18.4. The van der Waals surface area contributed by atoms with Crippen molar-refractivity contribution in [2.24, 2.45) is 0 Å². The number of hydrogen-bond acceptors (Lipinski definition) is 4. The molecule has 0 unspecified atom stereocenters. The average Bonchev–Trinajstić information content (AvgIpc) is 2.66. The van der Waals surface area contributed by atoms with Crippen LogP contribution in [0.3, 0.4) is 0 Å². The zero-order valence-electron chi connectivity index (χ0n) is 8.94. The smallest absolute Gasteiger partial charge is 0.260 e. The van der Waals surface area contributed by atoms with Crippen LogP contribution in [-0.2, 0) is 0 Å². The Labute approximate surface area is 91.7 Å². The van der Waals surface area contributed by atoms with E-state index in [2.05, 4.69) is 10.1 Å². The number of halogens is 1. The summed E-state index contributed by atoms with van der Waals surface area (Å²) in [5.41, 5.74) is 0.192. The summed E-state index contributed by atoms with van der Waals surface area (Å²) in [4.78, 5) is 4.07. The molecule has 1 N–H and O–H groups in total. The molecular formula is C11H11FN2O2. The van der Waals surface area contributed by atoms with Gasteiger partial charge < -0.3 is 9.63 Å². The normalized spacial score (nSPS) is 11.0. The van der Waals surface area contributed by atoms with E-state index in [0.29, 0.717) is 5.82 Å². The minimum Gasteiger partial charge on any atom is -0.508 e. The van der Waals surface area contributed by atoms with E-state index in [9.17, 15) is 4.39 Å². The van der Waals surface area contributed by atoms with Gasteiger partial charge in [-0.15, -0.1) is 0 Å². The van der Waals surface area contributed by atoms with Gasteiger partial charge in [-0.3, -0.25) is 0 Å². The highest BCUT2D eigenvalue weighted by Crippen LogP contribution is 2.25. The fraction of sp³-hybridized carbons (Fsp3) is 0.273. The van der Waals surface area contributed by atoms with Crippen molar-refractivity contribution in [1.82, 2.24) is 10.1 Å². The van der Waals surface area contributed by atoms with E-state index < -0.39 is 5.82 Å². The minimum atomic E-state index is -0.584. The van der Waals surface area contributed by atoms with Crippen LogP contribution in [0.25, 0.3) is 11.5 Å². The number of hydrogen-bond donors (Lipinski definition) is 1. The predicted octanol–water partition coefficient (Wildman–Crippen LogP) is 2.70. The molecule has 0 amide bonds. The monoisotopic (exact) mass is 222 g/mol. The molecule has 0 atom stereocenters. The first-order valence-electron chi connectivity index (χ1n) is 4.90. The maximum Gasteiger partial charge on any atom is 0.260 e. The lowest BCUT2D eigenvalue weighted by molar-refractivity contribution is 0.416. The zero-order valence-corrected chi connectivity index (χ0v) is 8.94. The average molecular weight is 222 g/mol. The summed E-state index contributed by atoms with van der Waals surface area (Å²) in [5.74, 6) is 0.0603. The van der Waals surface area contributed by atoms with E-state index in [1.54, 1.807) is 0 Å². The zero-order chi connectivity index (χ0) is 11.7. The van der Waals surface area contributed by atoms with Crippen LogP contribution in [0.4, 0.5) is 4.39 Å². The van der Waals surface area contributed by atoms with Gasteiger partial charge in [0.1, 0.15) is 11.6 Å². The van der Waals surface area contributed by atoms with Gasteiger partial charge in [-0.2, -0.15) is 4.98 Å². The molecule has 0 saturated heterocycles. The molecule has 2 aromatic rings. The first-order valence-corrected chi connectivity index (χ1v) is 4.90. The number of aromatic nitrogens is 2. The Balaban J connectivity index is 2.42. The van der Waals surface area contributed by atoms with Gasteiger partial charge in [-0.25, -0.2) is 4.39 Å². The molecule has 0 aliphatic carbocycles. The van der Waals surface area contributed by atoms with Gasteiger partial charge in [0.05, 0.1) is 5.56 Å². The van der Waals surface area contributed by atoms with Crippen LogP contribution < -0.4 is 0 Å². The third-order valence-electron chi connectivity index (χ3n) is 2.14. The highest BCUT2D eigenvalue weighted by Gasteiger charge is 2.15. The summed E-state index contributed by atoms with van der Waals surface area (Å²) in [7, 11) is 0. The summed E-state index contributed by atoms with van der Waals surface area (Å²) >= 11 is 0. The Hall–Kier alpha value is -1.91. The number of benzene rings is 1. The molecule has 0 radical (unpaired) electrons. The van der Waals surface area contributed by atoms with Gasteiger partial charge in [0.2, 0.25) is 0 Å². The van der Waals surface area contributed by atoms with Crippen molar-refractivity contribution in [3.8, 4) is 17.2 Å². The lowest BCUT2D eigenvalue weighted by Gasteiger charge is -1.97. The van der Waals surface area contributed by atoms with Gasteiger partial charge in [0.15, 0.2) is 5.82 Å². The Morgan fingerprint density at radius 3 is 2.69 bits per heavy atom. The molecule has 0 aliphatic heterocycles. The van der Waals surface area contributed by atoms with E-state index in [4.69, 9.17) is 9.63 Å². The molecule has 0 spiro atoms. The van der Waals surface area contributed by atoms with Crippen LogP contribution >= 0.6 is 0 Å². The third-order valence-corrected chi connectivity index (χ3v) is 2.14. The SMILES string of the molecule is CC(C)c1noc(-c2ccc(O)cc2F)n1. The quantitative estimate of drug-likeness (QED) is 0.848. The topological polar surface area (TPSA) is 59.2 Å². The summed E-state index contributed by atoms with van der Waals surface area (Å²) in [5, 5.41) is 12.8. The highest BCUT2D eigenvalue weighted by molar-refractivity contribution is 5.55. The molecule has 0 aliphatic rings. The number of rotatable bonds is 2. The second kappa shape index (κ2) is 3.92. The molecule has 16 heavy (non-hydrogen) atoms. The van der Waals surface area contributed by atoms with Crippen LogP contribution in [0.15, 0.2) is 22.7 Å². The van der Waals surface area contributed by atoms with E-state index in [-0.39, 0.29) is 23.1 Å². The van der Waals surface area contributed by atoms with Crippen LogP contribution in [0.2, 0.25) is 0 Å². The number of aromatic hydroxyl groups is 1. The second-order valence-electron chi connectivity index (χ2n) is 3.78. The van der Waals surface area contributed by atoms with Crippen LogP contribution in [-0.4, -0.2) is 15.2 Å². The molecule has 84 valence electrons. The largest absolute Gasteiger partial charge is 0.508 e. The lowest BCUT2D eigenvalue weighted by Crippen LogP contribution is -1.90. The predicted molar refractivity (Wildman–Crippen MR) is 55.4 cm³/mol. The van der Waals surface area contributed by atoms with Crippen LogP contribution in [0.5, 0.6) is 5.75 Å². The molecule has 0 fully saturated rings. The molecule has 2 rings (SSSR count). The van der Waals surface area contributed by atoms with Crippen molar-refractivity contribution >= 4 is 0 Å². The molecule has 1 aromatic heterocycles. The van der Waals surface area contributed by atoms with Gasteiger partial charge in [0, 0.05) is 12.0 Å². The maximum absolute atomic E-state index is 13.5. The summed E-state index contributed by atoms with van der Waals surface area (Å²) in [6, 6.07) is 3.79. The van der Waals surface area contributed by atoms with E-state index >= 15 is 0 Å². The van der Waals surface area contributed by atoms with Crippen molar-refractivity contribution in [2.45, 2.75) is 19.8 Å². The Kier molecular flexibility index (Phi) is 2.60. The molecule has 1 heterocycles. The Morgan fingerprint density at radius 2 is 2.12 bits per heavy atom. The fourth-order valence-electron chi connectivity index (χ4n) is 1.26. The van der Waals surface area contributed by atoms with Crippen molar-refractivity contribution in [2.75, 3.05) is 0 Å². The molecule has 5 heteroatoms. The highest BCUT2D eigenvalue weighted by atomic mass is 19.1. The summed E-state index contributed by atoms with van der Waals surface area (Å²) in [6.07, 6.45) is 0. The van der Waals surface area contributed by atoms with Crippen molar-refractivity contribution in [3.63, 3.8) is 0 Å². The van der Waals surface area contributed by atoms with E-state index in [0.717, 1.165) is 6.07 Å². The lowest BCUT2D eigenvalue weighted by atomic mass is 10.2. The molecule has 0 saturated carbocycles. The van der Waals surface area contributed by atoms with E-state index in [1.807, 2.05) is 13.8 Å². The summed E-state index contributed by atoms with van der Waals surface area (Å²) in [6.45, 7) is 3.84. The molecule has 4 nitrogen and oxygen atoms in total. The van der Waals surface area contributed by atoms with E-state index in [1.165, 1.54) is 12.1 Å². The van der Waals surface area contributed by atoms with Gasteiger partial charge >= 0.3 is 0 Å². The first kappa shape index (κ1) is 10.6. The third kappa shape index (κ3) is 1.88.